The van der Waals surface area contributed by atoms with Gasteiger partial charge in [0.05, 0.1) is 5.02 Å². The molecule has 0 aliphatic carbocycles. The van der Waals surface area contributed by atoms with Gasteiger partial charge in [-0.2, -0.15) is 0 Å². The summed E-state index contributed by atoms with van der Waals surface area (Å²) in [7, 11) is -3.77. The van der Waals surface area contributed by atoms with Crippen molar-refractivity contribution >= 4 is 33.3 Å². The summed E-state index contributed by atoms with van der Waals surface area (Å²) in [5.74, 6) is 5.12. The van der Waals surface area contributed by atoms with E-state index in [4.69, 9.17) is 17.4 Å². The number of nitrogens with one attached hydrogen (secondary N) is 3. The van der Waals surface area contributed by atoms with Gasteiger partial charge < -0.3 is 10.7 Å². The summed E-state index contributed by atoms with van der Waals surface area (Å²) in [5.41, 5.74) is 2.24. The Kier molecular flexibility index (Phi) is 6.82. The number of sulfonamides is 1. The van der Waals surface area contributed by atoms with Crippen LogP contribution in [0.15, 0.2) is 17.2 Å². The van der Waals surface area contributed by atoms with Gasteiger partial charge in [0.15, 0.2) is 5.82 Å². The van der Waals surface area contributed by atoms with E-state index in [1.807, 2.05) is 6.92 Å². The van der Waals surface area contributed by atoms with Crippen LogP contribution in [-0.2, 0) is 14.8 Å². The van der Waals surface area contributed by atoms with Crippen molar-refractivity contribution in [1.82, 2.24) is 15.0 Å². The van der Waals surface area contributed by atoms with Crippen LogP contribution >= 0.6 is 11.6 Å². The van der Waals surface area contributed by atoms with Crippen LogP contribution in [-0.4, -0.2) is 32.4 Å². The molecule has 5 N–H and O–H groups in total. The standard InChI is InChI=1S/C11H18ClN5O3S/c1-2-4-14-10(18)3-5-16-21(19,20)8-6-9(12)11(17-13)15-7-8/h6-7,16H,2-5,13H2,1H3,(H,14,18)(H,15,17). The van der Waals surface area contributed by atoms with E-state index in [2.05, 4.69) is 20.4 Å². The molecule has 0 fully saturated rings. The Balaban J connectivity index is 2.61. The molecular weight excluding hydrogens is 318 g/mol. The van der Waals surface area contributed by atoms with Crippen LogP contribution in [0.1, 0.15) is 19.8 Å². The number of hydrogen-bond acceptors (Lipinski definition) is 6. The number of hydrazine groups is 1. The number of hydrogen-bond donors (Lipinski definition) is 4. The highest BCUT2D eigenvalue weighted by atomic mass is 35.5. The molecule has 8 nitrogen and oxygen atoms in total. The molecule has 0 aliphatic rings. The number of nitrogen functional groups attached to an aromatic ring is 1. The van der Waals surface area contributed by atoms with Crippen LogP contribution in [0.2, 0.25) is 5.02 Å². The second kappa shape index (κ2) is 8.13. The van der Waals surface area contributed by atoms with Crippen molar-refractivity contribution in [3.63, 3.8) is 0 Å². The maximum absolute atomic E-state index is 12.0. The van der Waals surface area contributed by atoms with Crippen molar-refractivity contribution in [2.45, 2.75) is 24.7 Å². The Morgan fingerprint density at radius 1 is 1.43 bits per heavy atom. The van der Waals surface area contributed by atoms with Gasteiger partial charge in [-0.3, -0.25) is 4.79 Å². The normalized spacial score (nSPS) is 11.2. The molecule has 0 unspecified atom stereocenters. The second-order valence-electron chi connectivity index (χ2n) is 4.14. The summed E-state index contributed by atoms with van der Waals surface area (Å²) in [6.07, 6.45) is 2.01. The van der Waals surface area contributed by atoms with Gasteiger partial charge in [-0.1, -0.05) is 18.5 Å². The molecule has 0 bridgehead atoms. The maximum Gasteiger partial charge on any atom is 0.242 e. The van der Waals surface area contributed by atoms with Gasteiger partial charge in [0, 0.05) is 25.7 Å². The molecule has 21 heavy (non-hydrogen) atoms. The van der Waals surface area contributed by atoms with E-state index in [1.54, 1.807) is 0 Å². The van der Waals surface area contributed by atoms with E-state index in [1.165, 1.54) is 6.07 Å². The topological polar surface area (TPSA) is 126 Å². The minimum absolute atomic E-state index is 0.00755. The zero-order valence-corrected chi connectivity index (χ0v) is 13.1. The lowest BCUT2D eigenvalue weighted by molar-refractivity contribution is -0.120. The molecule has 0 atom stereocenters. The van der Waals surface area contributed by atoms with Gasteiger partial charge >= 0.3 is 0 Å². The highest BCUT2D eigenvalue weighted by molar-refractivity contribution is 7.89. The van der Waals surface area contributed by atoms with Crippen molar-refractivity contribution in [2.24, 2.45) is 5.84 Å². The molecule has 0 radical (unpaired) electrons. The highest BCUT2D eigenvalue weighted by Crippen LogP contribution is 2.21. The van der Waals surface area contributed by atoms with Crippen LogP contribution in [0, 0.1) is 0 Å². The Hall–Kier alpha value is -1.42. The number of nitrogens with two attached hydrogens (primary N) is 1. The molecule has 1 heterocycles. The minimum atomic E-state index is -3.77. The van der Waals surface area contributed by atoms with Gasteiger partial charge in [0.25, 0.3) is 0 Å². The number of anilines is 1. The third-order valence-electron chi connectivity index (χ3n) is 2.48. The summed E-state index contributed by atoms with van der Waals surface area (Å²) in [6, 6.07) is 1.23. The first-order chi connectivity index (χ1) is 9.90. The summed E-state index contributed by atoms with van der Waals surface area (Å²) < 4.78 is 26.3. The molecule has 118 valence electrons. The smallest absolute Gasteiger partial charge is 0.242 e. The number of nitrogens with zero attached hydrogens (tertiary/aromatic N) is 1. The minimum Gasteiger partial charge on any atom is -0.356 e. The van der Waals surface area contributed by atoms with Crippen LogP contribution in [0.3, 0.4) is 0 Å². The lowest BCUT2D eigenvalue weighted by Crippen LogP contribution is -2.31. The van der Waals surface area contributed by atoms with Crippen molar-refractivity contribution in [1.29, 1.82) is 0 Å². The number of amides is 1. The summed E-state index contributed by atoms with van der Waals surface area (Å²) in [4.78, 5) is 15.0. The Morgan fingerprint density at radius 2 is 2.14 bits per heavy atom. The molecule has 0 saturated carbocycles. The number of rotatable bonds is 8. The first kappa shape index (κ1) is 17.6. The predicted octanol–water partition coefficient (Wildman–Crippen LogP) is 0.215. The van der Waals surface area contributed by atoms with Crippen molar-refractivity contribution in [3.8, 4) is 0 Å². The SMILES string of the molecule is CCCNC(=O)CCNS(=O)(=O)c1cnc(NN)c(Cl)c1. The fraction of sp³-hybridized carbons (Fsp3) is 0.455. The predicted molar refractivity (Wildman–Crippen MR) is 80.2 cm³/mol. The molecule has 10 heteroatoms. The summed E-state index contributed by atoms with van der Waals surface area (Å²) in [6.45, 7) is 2.49. The van der Waals surface area contributed by atoms with Gasteiger partial charge in [-0.25, -0.2) is 24.0 Å². The second-order valence-corrected chi connectivity index (χ2v) is 6.32. The van der Waals surface area contributed by atoms with Crippen molar-refractivity contribution in [3.05, 3.63) is 17.3 Å². The summed E-state index contributed by atoms with van der Waals surface area (Å²) >= 11 is 5.82. The van der Waals surface area contributed by atoms with Gasteiger partial charge in [0.1, 0.15) is 4.90 Å². The third kappa shape index (κ3) is 5.46. The zero-order chi connectivity index (χ0) is 15.9. The van der Waals surface area contributed by atoms with E-state index >= 15 is 0 Å². The van der Waals surface area contributed by atoms with Crippen molar-refractivity contribution < 1.29 is 13.2 Å². The fourth-order valence-corrected chi connectivity index (χ4v) is 2.70. The van der Waals surface area contributed by atoms with E-state index in [-0.39, 0.29) is 34.6 Å². The first-order valence-corrected chi connectivity index (χ1v) is 8.15. The molecule has 0 saturated heterocycles. The molecular formula is C11H18ClN5O3S. The lowest BCUT2D eigenvalue weighted by atomic mass is 10.4. The van der Waals surface area contributed by atoms with Gasteiger partial charge in [-0.15, -0.1) is 0 Å². The van der Waals surface area contributed by atoms with Crippen LogP contribution in [0.4, 0.5) is 5.82 Å². The third-order valence-corrected chi connectivity index (χ3v) is 4.20. The molecule has 1 aromatic heterocycles. The average Bonchev–Trinajstić information content (AvgIpc) is 2.44. The number of halogens is 1. The zero-order valence-electron chi connectivity index (χ0n) is 11.5. The number of aromatic nitrogens is 1. The molecule has 0 aromatic carbocycles. The summed E-state index contributed by atoms with van der Waals surface area (Å²) in [5, 5.41) is 2.74. The van der Waals surface area contributed by atoms with Crippen molar-refractivity contribution in [2.75, 3.05) is 18.5 Å². The quantitative estimate of drug-likeness (QED) is 0.397. The first-order valence-electron chi connectivity index (χ1n) is 6.29. The van der Waals surface area contributed by atoms with Crippen LogP contribution in [0.25, 0.3) is 0 Å². The average molecular weight is 336 g/mol. The van der Waals surface area contributed by atoms with E-state index in [0.717, 1.165) is 12.6 Å². The Morgan fingerprint density at radius 3 is 2.71 bits per heavy atom. The molecule has 1 amide bonds. The largest absolute Gasteiger partial charge is 0.356 e. The number of carbonyl (C=O) groups excluding carboxylic acids is 1. The molecule has 0 aliphatic heterocycles. The molecule has 1 rings (SSSR count). The monoisotopic (exact) mass is 335 g/mol. The maximum atomic E-state index is 12.0. The highest BCUT2D eigenvalue weighted by Gasteiger charge is 2.16. The lowest BCUT2D eigenvalue weighted by Gasteiger charge is -2.08. The number of carbonyl (C=O) groups is 1. The van der Waals surface area contributed by atoms with Crippen LogP contribution in [0.5, 0.6) is 0 Å². The molecule has 1 aromatic rings. The van der Waals surface area contributed by atoms with E-state index < -0.39 is 10.0 Å². The Bertz CT molecular complexity index is 594. The Labute approximate surface area is 128 Å². The number of pyridine rings is 1. The van der Waals surface area contributed by atoms with E-state index in [0.29, 0.717) is 6.54 Å². The van der Waals surface area contributed by atoms with E-state index in [9.17, 15) is 13.2 Å². The molecule has 0 spiro atoms. The van der Waals surface area contributed by atoms with Gasteiger partial charge in [-0.05, 0) is 12.5 Å². The fourth-order valence-electron chi connectivity index (χ4n) is 1.41. The van der Waals surface area contributed by atoms with Gasteiger partial charge in [0.2, 0.25) is 15.9 Å². The van der Waals surface area contributed by atoms with Crippen LogP contribution < -0.4 is 21.3 Å².